The van der Waals surface area contributed by atoms with Crippen LogP contribution in [0, 0.1) is 18.6 Å². The summed E-state index contributed by atoms with van der Waals surface area (Å²) in [6, 6.07) is 13.2. The number of halogens is 2. The van der Waals surface area contributed by atoms with Gasteiger partial charge in [-0.05, 0) is 73.5 Å². The molecule has 3 aromatic carbocycles. The molecule has 1 N–H and O–H groups in total. The summed E-state index contributed by atoms with van der Waals surface area (Å²) in [6.45, 7) is 3.30. The van der Waals surface area contributed by atoms with Crippen molar-refractivity contribution in [2.75, 3.05) is 10.8 Å². The zero-order valence-electron chi connectivity index (χ0n) is 17.4. The van der Waals surface area contributed by atoms with Gasteiger partial charge < -0.3 is 9.84 Å². The second-order valence-electron chi connectivity index (χ2n) is 7.01. The summed E-state index contributed by atoms with van der Waals surface area (Å²) in [4.78, 5) is 11.3. The number of benzene rings is 3. The average Bonchev–Trinajstić information content (AvgIpc) is 2.73. The maximum Gasteiger partial charge on any atom is 0.335 e. The molecule has 9 heteroatoms. The van der Waals surface area contributed by atoms with Crippen LogP contribution in [0.2, 0.25) is 0 Å². The first-order chi connectivity index (χ1) is 15.1. The molecule has 0 aliphatic heterocycles. The number of rotatable bonds is 8. The molecule has 0 aliphatic carbocycles. The van der Waals surface area contributed by atoms with Crippen LogP contribution in [-0.2, 0) is 16.6 Å². The first-order valence-electron chi connectivity index (χ1n) is 9.66. The molecule has 32 heavy (non-hydrogen) atoms. The Morgan fingerprint density at radius 3 is 2.19 bits per heavy atom. The molecule has 0 radical (unpaired) electrons. The number of hydrogen-bond acceptors (Lipinski definition) is 4. The SMILES string of the molecule is CCN(c1ccc(OCc2cc(F)cc(F)c2)cc1)S(=O)(=O)c1ccc(C)c(C(=O)O)c1. The van der Waals surface area contributed by atoms with Gasteiger partial charge in [0.05, 0.1) is 16.1 Å². The van der Waals surface area contributed by atoms with Gasteiger partial charge in [0.25, 0.3) is 10.0 Å². The van der Waals surface area contributed by atoms with Gasteiger partial charge in [0.1, 0.15) is 24.0 Å². The van der Waals surface area contributed by atoms with Crippen molar-refractivity contribution in [2.24, 2.45) is 0 Å². The standard InChI is InChI=1S/C23H21F2NO5S/c1-3-26(32(29,30)21-9-4-15(2)22(13-21)23(27)28)19-5-7-20(8-6-19)31-14-16-10-17(24)12-18(25)11-16/h4-13H,3,14H2,1-2H3,(H,27,28). The molecule has 168 valence electrons. The van der Waals surface area contributed by atoms with Crippen LogP contribution in [-0.4, -0.2) is 26.0 Å². The van der Waals surface area contributed by atoms with E-state index in [1.807, 2.05) is 0 Å². The van der Waals surface area contributed by atoms with Gasteiger partial charge in [-0.1, -0.05) is 6.07 Å². The first kappa shape index (κ1) is 23.2. The zero-order valence-corrected chi connectivity index (χ0v) is 18.2. The Kier molecular flexibility index (Phi) is 6.78. The van der Waals surface area contributed by atoms with Crippen molar-refractivity contribution in [1.82, 2.24) is 0 Å². The van der Waals surface area contributed by atoms with Crippen molar-refractivity contribution < 1.29 is 31.8 Å². The molecular weight excluding hydrogens is 440 g/mol. The highest BCUT2D eigenvalue weighted by molar-refractivity contribution is 7.92. The summed E-state index contributed by atoms with van der Waals surface area (Å²) in [6.07, 6.45) is 0. The first-order valence-corrected chi connectivity index (χ1v) is 11.1. The molecule has 3 rings (SSSR count). The number of carboxylic acids is 1. The van der Waals surface area contributed by atoms with Crippen molar-refractivity contribution in [3.05, 3.63) is 89.0 Å². The van der Waals surface area contributed by atoms with Gasteiger partial charge in [-0.3, -0.25) is 4.31 Å². The molecule has 6 nitrogen and oxygen atoms in total. The van der Waals surface area contributed by atoms with Crippen LogP contribution < -0.4 is 9.04 Å². The number of hydrogen-bond donors (Lipinski definition) is 1. The molecule has 0 aliphatic rings. The highest BCUT2D eigenvalue weighted by atomic mass is 32.2. The Morgan fingerprint density at radius 1 is 1.00 bits per heavy atom. The van der Waals surface area contributed by atoms with Crippen LogP contribution in [0.15, 0.2) is 65.6 Å². The lowest BCUT2D eigenvalue weighted by Gasteiger charge is -2.23. The fourth-order valence-corrected chi connectivity index (χ4v) is 4.68. The van der Waals surface area contributed by atoms with E-state index in [0.717, 1.165) is 28.6 Å². The van der Waals surface area contributed by atoms with Gasteiger partial charge in [0.2, 0.25) is 0 Å². The van der Waals surface area contributed by atoms with Crippen LogP contribution in [0.4, 0.5) is 14.5 Å². The normalized spacial score (nSPS) is 11.2. The molecule has 0 unspecified atom stereocenters. The van der Waals surface area contributed by atoms with Gasteiger partial charge in [-0.2, -0.15) is 0 Å². The Bertz CT molecular complexity index is 1220. The summed E-state index contributed by atoms with van der Waals surface area (Å²) in [5.74, 6) is -2.23. The molecule has 0 heterocycles. The maximum atomic E-state index is 13.3. The minimum atomic E-state index is -4.01. The second kappa shape index (κ2) is 9.35. The number of carbonyl (C=O) groups is 1. The third-order valence-electron chi connectivity index (χ3n) is 4.77. The average molecular weight is 461 g/mol. The predicted molar refractivity (Wildman–Crippen MR) is 115 cm³/mol. The number of anilines is 1. The van der Waals surface area contributed by atoms with E-state index in [0.29, 0.717) is 22.6 Å². The van der Waals surface area contributed by atoms with E-state index in [2.05, 4.69) is 0 Å². The van der Waals surface area contributed by atoms with Crippen molar-refractivity contribution in [3.8, 4) is 5.75 Å². The third-order valence-corrected chi connectivity index (χ3v) is 6.67. The van der Waals surface area contributed by atoms with E-state index in [4.69, 9.17) is 4.74 Å². The Morgan fingerprint density at radius 2 is 1.62 bits per heavy atom. The lowest BCUT2D eigenvalue weighted by atomic mass is 10.1. The van der Waals surface area contributed by atoms with Crippen LogP contribution in [0.3, 0.4) is 0 Å². The number of aromatic carboxylic acids is 1. The van der Waals surface area contributed by atoms with Gasteiger partial charge in [0, 0.05) is 12.6 Å². The number of sulfonamides is 1. The summed E-state index contributed by atoms with van der Waals surface area (Å²) >= 11 is 0. The zero-order chi connectivity index (χ0) is 23.5. The van der Waals surface area contributed by atoms with Crippen LogP contribution >= 0.6 is 0 Å². The topological polar surface area (TPSA) is 83.9 Å². The third kappa shape index (κ3) is 5.05. The van der Waals surface area contributed by atoms with Crippen molar-refractivity contribution >= 4 is 21.7 Å². The van der Waals surface area contributed by atoms with E-state index >= 15 is 0 Å². The maximum absolute atomic E-state index is 13.3. The van der Waals surface area contributed by atoms with E-state index in [9.17, 15) is 27.1 Å². The number of carboxylic acid groups (broad SMARTS) is 1. The second-order valence-corrected chi connectivity index (χ2v) is 8.87. The largest absolute Gasteiger partial charge is 0.489 e. The van der Waals surface area contributed by atoms with Crippen LogP contribution in [0.25, 0.3) is 0 Å². The molecule has 0 fully saturated rings. The monoisotopic (exact) mass is 461 g/mol. The fourth-order valence-electron chi connectivity index (χ4n) is 3.18. The number of nitrogens with zero attached hydrogens (tertiary/aromatic N) is 1. The Labute approximate surface area is 184 Å². The fraction of sp³-hybridized carbons (Fsp3) is 0.174. The lowest BCUT2D eigenvalue weighted by Crippen LogP contribution is -2.31. The molecule has 0 saturated carbocycles. The summed E-state index contributed by atoms with van der Waals surface area (Å²) in [7, 11) is -4.01. The summed E-state index contributed by atoms with van der Waals surface area (Å²) in [5, 5.41) is 9.30. The van der Waals surface area contributed by atoms with Gasteiger partial charge in [0.15, 0.2) is 0 Å². The highest BCUT2D eigenvalue weighted by Crippen LogP contribution is 2.27. The number of aryl methyl sites for hydroxylation is 1. The van der Waals surface area contributed by atoms with Gasteiger partial charge >= 0.3 is 5.97 Å². The molecule has 0 spiro atoms. The molecular formula is C23H21F2NO5S. The lowest BCUT2D eigenvalue weighted by molar-refractivity contribution is 0.0696. The summed E-state index contributed by atoms with van der Waals surface area (Å²) in [5.41, 5.74) is 1.05. The Hall–Kier alpha value is -3.46. The molecule has 0 amide bonds. The van der Waals surface area contributed by atoms with E-state index in [1.165, 1.54) is 24.3 Å². The molecule has 0 saturated heterocycles. The molecule has 0 bridgehead atoms. The van der Waals surface area contributed by atoms with Gasteiger partial charge in [-0.25, -0.2) is 22.0 Å². The molecule has 3 aromatic rings. The van der Waals surface area contributed by atoms with Crippen molar-refractivity contribution in [2.45, 2.75) is 25.3 Å². The van der Waals surface area contributed by atoms with Gasteiger partial charge in [-0.15, -0.1) is 0 Å². The minimum Gasteiger partial charge on any atom is -0.489 e. The molecule has 0 atom stereocenters. The minimum absolute atomic E-state index is 0.0643. The van der Waals surface area contributed by atoms with Crippen molar-refractivity contribution in [1.29, 1.82) is 0 Å². The smallest absolute Gasteiger partial charge is 0.335 e. The van der Waals surface area contributed by atoms with E-state index < -0.39 is 27.6 Å². The van der Waals surface area contributed by atoms with E-state index in [1.54, 1.807) is 26.0 Å². The predicted octanol–water partition coefficient (Wildman–Crippen LogP) is 4.77. The van der Waals surface area contributed by atoms with Crippen LogP contribution in [0.5, 0.6) is 5.75 Å². The number of ether oxygens (including phenoxy) is 1. The van der Waals surface area contributed by atoms with Crippen molar-refractivity contribution in [3.63, 3.8) is 0 Å². The quantitative estimate of drug-likeness (QED) is 0.523. The van der Waals surface area contributed by atoms with E-state index in [-0.39, 0.29) is 23.6 Å². The highest BCUT2D eigenvalue weighted by Gasteiger charge is 2.25. The Balaban J connectivity index is 1.81. The molecule has 0 aromatic heterocycles. The summed E-state index contributed by atoms with van der Waals surface area (Å²) < 4.78 is 59.5. The van der Waals surface area contributed by atoms with Crippen LogP contribution in [0.1, 0.15) is 28.4 Å².